The minimum Gasteiger partial charge on any atom is -0.508 e. The number of benzene rings is 1. The van der Waals surface area contributed by atoms with Gasteiger partial charge in [-0.15, -0.1) is 0 Å². The predicted octanol–water partition coefficient (Wildman–Crippen LogP) is 2.49. The summed E-state index contributed by atoms with van der Waals surface area (Å²) >= 11 is 0. The summed E-state index contributed by atoms with van der Waals surface area (Å²) in [5.41, 5.74) is 2.89. The lowest BCUT2D eigenvalue weighted by molar-refractivity contribution is 0.0696. The van der Waals surface area contributed by atoms with Gasteiger partial charge in [-0.1, -0.05) is 0 Å². The summed E-state index contributed by atoms with van der Waals surface area (Å²) in [6.45, 7) is 3.58. The molecule has 0 atom stereocenters. The predicted molar refractivity (Wildman–Crippen MR) is 80.8 cm³/mol. The Labute approximate surface area is 125 Å². The van der Waals surface area contributed by atoms with Crippen LogP contribution in [0.25, 0.3) is 5.52 Å². The average molecular weight is 298 g/mol. The van der Waals surface area contributed by atoms with Crippen LogP contribution >= 0.6 is 0 Å². The van der Waals surface area contributed by atoms with Crippen molar-refractivity contribution in [2.75, 3.05) is 5.32 Å². The minimum absolute atomic E-state index is 0.144. The van der Waals surface area contributed by atoms with Gasteiger partial charge in [-0.05, 0) is 37.1 Å². The summed E-state index contributed by atoms with van der Waals surface area (Å²) in [5, 5.41) is 26.0. The molecule has 2 heterocycles. The van der Waals surface area contributed by atoms with E-state index in [9.17, 15) is 15.0 Å². The van der Waals surface area contributed by atoms with E-state index in [1.165, 1.54) is 17.0 Å². The monoisotopic (exact) mass is 298 g/mol. The van der Waals surface area contributed by atoms with Gasteiger partial charge in [-0.3, -0.25) is 0 Å². The Kier molecular flexibility index (Phi) is 3.17. The Hall–Kier alpha value is -3.09. The van der Waals surface area contributed by atoms with Gasteiger partial charge in [0.1, 0.15) is 17.6 Å². The number of carboxylic acid groups (broad SMARTS) is 1. The Balaban J connectivity index is 2.12. The van der Waals surface area contributed by atoms with Crippen LogP contribution in [0.15, 0.2) is 30.7 Å². The molecular formula is C15H14N4O3. The van der Waals surface area contributed by atoms with Gasteiger partial charge in [0.05, 0.1) is 5.56 Å². The largest absolute Gasteiger partial charge is 0.508 e. The summed E-state index contributed by atoms with van der Waals surface area (Å²) in [6.07, 6.45) is 2.80. The Morgan fingerprint density at radius 1 is 1.27 bits per heavy atom. The first kappa shape index (κ1) is 13.9. The second-order valence-corrected chi connectivity index (χ2v) is 5.06. The van der Waals surface area contributed by atoms with Crippen LogP contribution in [0.4, 0.5) is 11.5 Å². The number of phenolic OH excluding ortho intramolecular Hbond substituents is 1. The molecule has 2 aromatic heterocycles. The van der Waals surface area contributed by atoms with Crippen molar-refractivity contribution in [2.24, 2.45) is 0 Å². The molecule has 3 aromatic rings. The van der Waals surface area contributed by atoms with E-state index in [2.05, 4.69) is 15.4 Å². The van der Waals surface area contributed by atoms with E-state index in [0.29, 0.717) is 22.6 Å². The Morgan fingerprint density at radius 2 is 2.05 bits per heavy atom. The normalized spacial score (nSPS) is 10.8. The van der Waals surface area contributed by atoms with E-state index >= 15 is 0 Å². The highest BCUT2D eigenvalue weighted by molar-refractivity contribution is 5.94. The lowest BCUT2D eigenvalue weighted by Crippen LogP contribution is -2.00. The third kappa shape index (κ3) is 2.32. The Bertz CT molecular complexity index is 866. The van der Waals surface area contributed by atoms with Crippen LogP contribution in [0.1, 0.15) is 21.5 Å². The van der Waals surface area contributed by atoms with Crippen molar-refractivity contribution in [3.8, 4) is 5.75 Å². The summed E-state index contributed by atoms with van der Waals surface area (Å²) in [5.74, 6) is -0.391. The average Bonchev–Trinajstić information content (AvgIpc) is 2.76. The molecule has 0 amide bonds. The summed E-state index contributed by atoms with van der Waals surface area (Å²) in [4.78, 5) is 15.4. The summed E-state index contributed by atoms with van der Waals surface area (Å²) < 4.78 is 1.48. The first-order valence-electron chi connectivity index (χ1n) is 6.59. The van der Waals surface area contributed by atoms with Crippen molar-refractivity contribution < 1.29 is 15.0 Å². The number of nitrogens with zero attached hydrogens (tertiary/aromatic N) is 3. The van der Waals surface area contributed by atoms with Crippen LogP contribution in [0.2, 0.25) is 0 Å². The number of nitrogens with one attached hydrogen (secondary N) is 1. The molecule has 3 rings (SSSR count). The molecule has 112 valence electrons. The van der Waals surface area contributed by atoms with E-state index in [4.69, 9.17) is 0 Å². The smallest absolute Gasteiger partial charge is 0.337 e. The zero-order valence-electron chi connectivity index (χ0n) is 12.0. The number of rotatable bonds is 3. The van der Waals surface area contributed by atoms with Crippen molar-refractivity contribution in [2.45, 2.75) is 13.8 Å². The van der Waals surface area contributed by atoms with Gasteiger partial charge < -0.3 is 15.5 Å². The van der Waals surface area contributed by atoms with E-state index in [1.807, 2.05) is 13.0 Å². The van der Waals surface area contributed by atoms with Gasteiger partial charge in [0.2, 0.25) is 0 Å². The van der Waals surface area contributed by atoms with Crippen molar-refractivity contribution >= 4 is 23.0 Å². The van der Waals surface area contributed by atoms with Crippen LogP contribution in [0, 0.1) is 13.8 Å². The first-order valence-corrected chi connectivity index (χ1v) is 6.59. The molecule has 0 saturated carbocycles. The third-order valence-corrected chi connectivity index (χ3v) is 3.38. The van der Waals surface area contributed by atoms with E-state index in [0.717, 1.165) is 5.56 Å². The molecule has 0 fully saturated rings. The second-order valence-electron chi connectivity index (χ2n) is 5.06. The molecule has 0 aliphatic rings. The highest BCUT2D eigenvalue weighted by atomic mass is 16.4. The maximum absolute atomic E-state index is 11.2. The quantitative estimate of drug-likeness (QED) is 0.687. The molecule has 0 aliphatic carbocycles. The summed E-state index contributed by atoms with van der Waals surface area (Å²) in [7, 11) is 0. The molecule has 22 heavy (non-hydrogen) atoms. The zero-order chi connectivity index (χ0) is 15.9. The number of hydrogen-bond acceptors (Lipinski definition) is 5. The lowest BCUT2D eigenvalue weighted by Gasteiger charge is -2.09. The van der Waals surface area contributed by atoms with Gasteiger partial charge in [0.25, 0.3) is 0 Å². The maximum atomic E-state index is 11.2. The number of fused-ring (bicyclic) bond motifs is 1. The SMILES string of the molecule is Cc1cc(O)cc(Nc2ncnn3cc(C(=O)O)c(C)c23)c1. The van der Waals surface area contributed by atoms with Crippen LogP contribution in [0.5, 0.6) is 5.75 Å². The third-order valence-electron chi connectivity index (χ3n) is 3.38. The molecular weight excluding hydrogens is 284 g/mol. The lowest BCUT2D eigenvalue weighted by atomic mass is 10.2. The second kappa shape index (κ2) is 5.03. The first-order chi connectivity index (χ1) is 10.5. The van der Waals surface area contributed by atoms with Crippen molar-refractivity contribution in [3.05, 3.63) is 47.4 Å². The molecule has 7 heteroatoms. The molecule has 0 bridgehead atoms. The van der Waals surface area contributed by atoms with Gasteiger partial charge >= 0.3 is 5.97 Å². The van der Waals surface area contributed by atoms with Crippen LogP contribution in [-0.4, -0.2) is 30.8 Å². The number of anilines is 2. The summed E-state index contributed by atoms with van der Waals surface area (Å²) in [6, 6.07) is 5.07. The molecule has 1 aromatic carbocycles. The van der Waals surface area contributed by atoms with Crippen molar-refractivity contribution in [1.29, 1.82) is 0 Å². The molecule has 0 radical (unpaired) electrons. The highest BCUT2D eigenvalue weighted by Crippen LogP contribution is 2.27. The van der Waals surface area contributed by atoms with Crippen molar-refractivity contribution in [3.63, 3.8) is 0 Å². The molecule has 0 unspecified atom stereocenters. The molecule has 0 spiro atoms. The van der Waals surface area contributed by atoms with E-state index in [-0.39, 0.29) is 11.3 Å². The molecule has 3 N–H and O–H groups in total. The van der Waals surface area contributed by atoms with E-state index in [1.54, 1.807) is 19.1 Å². The maximum Gasteiger partial charge on any atom is 0.337 e. The molecule has 7 nitrogen and oxygen atoms in total. The fraction of sp³-hybridized carbons (Fsp3) is 0.133. The van der Waals surface area contributed by atoms with E-state index < -0.39 is 5.97 Å². The van der Waals surface area contributed by atoms with Gasteiger partial charge in [-0.25, -0.2) is 14.3 Å². The number of carbonyl (C=O) groups is 1. The molecule has 0 aliphatic heterocycles. The molecule has 0 saturated heterocycles. The van der Waals surface area contributed by atoms with Crippen LogP contribution < -0.4 is 5.32 Å². The minimum atomic E-state index is -1.01. The highest BCUT2D eigenvalue weighted by Gasteiger charge is 2.17. The Morgan fingerprint density at radius 3 is 2.73 bits per heavy atom. The topological polar surface area (TPSA) is 99.8 Å². The number of aromatic carboxylic acids is 1. The number of hydrogen-bond donors (Lipinski definition) is 3. The number of aromatic hydroxyl groups is 1. The zero-order valence-corrected chi connectivity index (χ0v) is 12.0. The van der Waals surface area contributed by atoms with Crippen molar-refractivity contribution in [1.82, 2.24) is 14.6 Å². The van der Waals surface area contributed by atoms with Gasteiger partial charge in [-0.2, -0.15) is 5.10 Å². The fourth-order valence-electron chi connectivity index (χ4n) is 2.44. The standard InChI is InChI=1S/C15H14N4O3/c1-8-3-10(5-11(20)4-8)18-14-13-9(2)12(15(21)22)6-19(13)17-7-16-14/h3-7,20H,1-2H3,(H,21,22)(H,16,17,18). The number of phenols is 1. The number of aromatic nitrogens is 3. The van der Waals surface area contributed by atoms with Gasteiger partial charge in [0.15, 0.2) is 5.82 Å². The van der Waals surface area contributed by atoms with Gasteiger partial charge in [0, 0.05) is 18.0 Å². The van der Waals surface area contributed by atoms with Crippen LogP contribution in [-0.2, 0) is 0 Å². The number of carboxylic acids is 1. The van der Waals surface area contributed by atoms with Crippen LogP contribution in [0.3, 0.4) is 0 Å². The number of aryl methyl sites for hydroxylation is 2. The fourth-order valence-corrected chi connectivity index (χ4v) is 2.44.